The lowest BCUT2D eigenvalue weighted by Crippen LogP contribution is -2.18. The zero-order valence-electron chi connectivity index (χ0n) is 14.3. The number of rotatable bonds is 6. The number of nitrogens with zero attached hydrogens (tertiary/aromatic N) is 3. The van der Waals surface area contributed by atoms with Crippen LogP contribution in [0.4, 0.5) is 0 Å². The smallest absolute Gasteiger partial charge is 0.122 e. The molecular formula is C19H25N5. The highest BCUT2D eigenvalue weighted by atomic mass is 15.1. The summed E-state index contributed by atoms with van der Waals surface area (Å²) >= 11 is 0. The van der Waals surface area contributed by atoms with Crippen LogP contribution >= 0.6 is 0 Å². The SMILES string of the molecule is Cn1ccnc1CNCc1ccc2[nH]c(CN3CCCC3)cc2c1. The molecule has 1 fully saturated rings. The molecule has 2 aromatic heterocycles. The predicted molar refractivity (Wildman–Crippen MR) is 96.6 cm³/mol. The predicted octanol–water partition coefficient (Wildman–Crippen LogP) is 2.79. The lowest BCUT2D eigenvalue weighted by atomic mass is 10.1. The summed E-state index contributed by atoms with van der Waals surface area (Å²) in [6.07, 6.45) is 6.49. The van der Waals surface area contributed by atoms with Gasteiger partial charge in [-0.05, 0) is 49.7 Å². The van der Waals surface area contributed by atoms with Gasteiger partial charge in [0.25, 0.3) is 0 Å². The van der Waals surface area contributed by atoms with Gasteiger partial charge >= 0.3 is 0 Å². The number of H-pyrrole nitrogens is 1. The van der Waals surface area contributed by atoms with Gasteiger partial charge in [0.1, 0.15) is 5.82 Å². The molecule has 126 valence electrons. The number of hydrogen-bond donors (Lipinski definition) is 2. The fraction of sp³-hybridized carbons (Fsp3) is 0.421. The van der Waals surface area contributed by atoms with Crippen LogP contribution in [0.2, 0.25) is 0 Å². The van der Waals surface area contributed by atoms with Crippen LogP contribution in [-0.2, 0) is 26.7 Å². The van der Waals surface area contributed by atoms with E-state index in [0.717, 1.165) is 25.5 Å². The van der Waals surface area contributed by atoms with Crippen molar-refractivity contribution in [1.82, 2.24) is 24.8 Å². The molecule has 2 N–H and O–H groups in total. The average Bonchev–Trinajstić information content (AvgIpc) is 3.29. The minimum absolute atomic E-state index is 0.787. The Morgan fingerprint density at radius 3 is 2.83 bits per heavy atom. The summed E-state index contributed by atoms with van der Waals surface area (Å²) in [5.41, 5.74) is 3.87. The quantitative estimate of drug-likeness (QED) is 0.733. The molecule has 1 aliphatic rings. The first-order chi connectivity index (χ1) is 11.8. The van der Waals surface area contributed by atoms with Gasteiger partial charge in [-0.1, -0.05) is 6.07 Å². The van der Waals surface area contributed by atoms with Gasteiger partial charge in [-0.25, -0.2) is 4.98 Å². The largest absolute Gasteiger partial charge is 0.357 e. The van der Waals surface area contributed by atoms with Crippen molar-refractivity contribution in [3.05, 3.63) is 53.7 Å². The van der Waals surface area contributed by atoms with Crippen molar-refractivity contribution in [2.45, 2.75) is 32.5 Å². The molecule has 3 heterocycles. The third-order valence-corrected chi connectivity index (χ3v) is 4.87. The fourth-order valence-corrected chi connectivity index (χ4v) is 3.50. The Hall–Kier alpha value is -2.11. The molecule has 0 radical (unpaired) electrons. The van der Waals surface area contributed by atoms with Gasteiger partial charge in [-0.3, -0.25) is 4.90 Å². The maximum Gasteiger partial charge on any atom is 0.122 e. The van der Waals surface area contributed by atoms with Crippen molar-refractivity contribution in [3.8, 4) is 0 Å². The molecule has 1 aliphatic heterocycles. The molecule has 1 aromatic carbocycles. The second-order valence-corrected chi connectivity index (χ2v) is 6.76. The van der Waals surface area contributed by atoms with E-state index < -0.39 is 0 Å². The van der Waals surface area contributed by atoms with Crippen LogP contribution in [0.1, 0.15) is 29.9 Å². The highest BCUT2D eigenvalue weighted by Gasteiger charge is 2.13. The highest BCUT2D eigenvalue weighted by molar-refractivity contribution is 5.81. The van der Waals surface area contributed by atoms with E-state index in [9.17, 15) is 0 Å². The van der Waals surface area contributed by atoms with Crippen molar-refractivity contribution < 1.29 is 0 Å². The summed E-state index contributed by atoms with van der Waals surface area (Å²) in [5, 5.41) is 4.78. The van der Waals surface area contributed by atoms with Crippen molar-refractivity contribution in [2.75, 3.05) is 13.1 Å². The molecule has 24 heavy (non-hydrogen) atoms. The van der Waals surface area contributed by atoms with Crippen LogP contribution in [0.15, 0.2) is 36.7 Å². The first kappa shape index (κ1) is 15.4. The summed E-state index contributed by atoms with van der Waals surface area (Å²) in [7, 11) is 2.03. The van der Waals surface area contributed by atoms with E-state index >= 15 is 0 Å². The number of fused-ring (bicyclic) bond motifs is 1. The minimum atomic E-state index is 0.787. The first-order valence-electron chi connectivity index (χ1n) is 8.78. The van der Waals surface area contributed by atoms with Gasteiger partial charge in [0.05, 0.1) is 6.54 Å². The molecule has 3 aromatic rings. The van der Waals surface area contributed by atoms with E-state index in [4.69, 9.17) is 0 Å². The van der Waals surface area contributed by atoms with Gasteiger partial charge < -0.3 is 14.9 Å². The van der Waals surface area contributed by atoms with Crippen LogP contribution < -0.4 is 5.32 Å². The lowest BCUT2D eigenvalue weighted by molar-refractivity contribution is 0.328. The van der Waals surface area contributed by atoms with Crippen molar-refractivity contribution in [3.63, 3.8) is 0 Å². The molecule has 0 saturated carbocycles. The number of imidazole rings is 1. The summed E-state index contributed by atoms with van der Waals surface area (Å²) in [6, 6.07) is 8.98. The van der Waals surface area contributed by atoms with E-state index in [-0.39, 0.29) is 0 Å². The number of likely N-dealkylation sites (tertiary alicyclic amines) is 1. The molecule has 5 heteroatoms. The maximum absolute atomic E-state index is 4.34. The molecule has 1 saturated heterocycles. The van der Waals surface area contributed by atoms with E-state index in [1.807, 2.05) is 24.0 Å². The van der Waals surface area contributed by atoms with Crippen molar-refractivity contribution in [2.24, 2.45) is 7.05 Å². The second kappa shape index (κ2) is 6.79. The molecule has 5 nitrogen and oxygen atoms in total. The third-order valence-electron chi connectivity index (χ3n) is 4.87. The van der Waals surface area contributed by atoms with E-state index in [1.54, 1.807) is 0 Å². The first-order valence-corrected chi connectivity index (χ1v) is 8.78. The molecule has 0 unspecified atom stereocenters. The van der Waals surface area contributed by atoms with Gasteiger partial charge in [0.2, 0.25) is 0 Å². The second-order valence-electron chi connectivity index (χ2n) is 6.76. The topological polar surface area (TPSA) is 48.9 Å². The van der Waals surface area contributed by atoms with E-state index in [0.29, 0.717) is 0 Å². The minimum Gasteiger partial charge on any atom is -0.357 e. The summed E-state index contributed by atoms with van der Waals surface area (Å²) in [4.78, 5) is 10.4. The van der Waals surface area contributed by atoms with Crippen LogP contribution in [0.3, 0.4) is 0 Å². The highest BCUT2D eigenvalue weighted by Crippen LogP contribution is 2.20. The molecule has 4 rings (SSSR count). The summed E-state index contributed by atoms with van der Waals surface area (Å²) < 4.78 is 2.05. The molecule has 0 atom stereocenters. The Balaban J connectivity index is 1.40. The normalized spacial score (nSPS) is 15.5. The Kier molecular flexibility index (Phi) is 4.36. The number of aromatic nitrogens is 3. The van der Waals surface area contributed by atoms with Crippen molar-refractivity contribution in [1.29, 1.82) is 0 Å². The monoisotopic (exact) mass is 323 g/mol. The van der Waals surface area contributed by atoms with Crippen LogP contribution in [-0.4, -0.2) is 32.5 Å². The number of aryl methyl sites for hydroxylation is 1. The molecule has 0 aliphatic carbocycles. The number of hydrogen-bond acceptors (Lipinski definition) is 3. The average molecular weight is 323 g/mol. The van der Waals surface area contributed by atoms with Gasteiger partial charge in [-0.15, -0.1) is 0 Å². The zero-order valence-corrected chi connectivity index (χ0v) is 14.3. The Bertz CT molecular complexity index is 810. The van der Waals surface area contributed by atoms with Crippen molar-refractivity contribution >= 4 is 10.9 Å². The summed E-state index contributed by atoms with van der Waals surface area (Å²) in [5.74, 6) is 1.06. The molecule has 0 bridgehead atoms. The fourth-order valence-electron chi connectivity index (χ4n) is 3.50. The lowest BCUT2D eigenvalue weighted by Gasteiger charge is -2.12. The number of aromatic amines is 1. The molecular weight excluding hydrogens is 298 g/mol. The molecule has 0 spiro atoms. The Morgan fingerprint density at radius 1 is 1.17 bits per heavy atom. The molecule has 0 amide bonds. The van der Waals surface area contributed by atoms with E-state index in [2.05, 4.69) is 44.5 Å². The van der Waals surface area contributed by atoms with Gasteiger partial charge in [0, 0.05) is 49.1 Å². The zero-order chi connectivity index (χ0) is 16.4. The maximum atomic E-state index is 4.34. The third kappa shape index (κ3) is 3.37. The standard InChI is InChI=1S/C19H25N5/c1-23-9-6-21-19(23)13-20-12-15-4-5-18-16(10-15)11-17(22-18)14-24-7-2-3-8-24/h4-6,9-11,20,22H,2-3,7-8,12-14H2,1H3. The number of nitrogens with one attached hydrogen (secondary N) is 2. The Morgan fingerprint density at radius 2 is 2.04 bits per heavy atom. The van der Waals surface area contributed by atoms with E-state index in [1.165, 1.54) is 48.1 Å². The summed E-state index contributed by atoms with van der Waals surface area (Å²) in [6.45, 7) is 5.15. The van der Waals surface area contributed by atoms with Crippen LogP contribution in [0, 0.1) is 0 Å². The van der Waals surface area contributed by atoms with Gasteiger partial charge in [0.15, 0.2) is 0 Å². The van der Waals surface area contributed by atoms with Crippen LogP contribution in [0.5, 0.6) is 0 Å². The van der Waals surface area contributed by atoms with Crippen LogP contribution in [0.25, 0.3) is 10.9 Å². The van der Waals surface area contributed by atoms with Gasteiger partial charge in [-0.2, -0.15) is 0 Å². The Labute approximate surface area is 142 Å². The number of benzene rings is 1.